The molecule has 0 aromatic heterocycles. The van der Waals surface area contributed by atoms with Gasteiger partial charge < -0.3 is 9.47 Å². The number of allylic oxidation sites excluding steroid dienone is 1. The maximum atomic E-state index is 12.0. The van der Waals surface area contributed by atoms with Crippen LogP contribution in [0.4, 0.5) is 17.6 Å². The van der Waals surface area contributed by atoms with E-state index in [-0.39, 0.29) is 11.5 Å². The molecule has 0 amide bonds. The summed E-state index contributed by atoms with van der Waals surface area (Å²) < 4.78 is 56.3. The van der Waals surface area contributed by atoms with Gasteiger partial charge in [0.2, 0.25) is 0 Å². The lowest BCUT2D eigenvalue weighted by Crippen LogP contribution is -2.05. The van der Waals surface area contributed by atoms with Gasteiger partial charge in [-0.15, -0.1) is 6.58 Å². The van der Waals surface area contributed by atoms with Gasteiger partial charge in [-0.05, 0) is 24.1 Å². The van der Waals surface area contributed by atoms with Gasteiger partial charge in [0, 0.05) is 6.07 Å². The van der Waals surface area contributed by atoms with Crippen LogP contribution in [-0.2, 0) is 6.42 Å². The van der Waals surface area contributed by atoms with E-state index >= 15 is 0 Å². The third kappa shape index (κ3) is 4.76. The quantitative estimate of drug-likeness (QED) is 0.567. The standard InChI is InChI=1S/C11H10F4O2/c1-2-3-7-4-8(16-10(12)13)6-9(5-7)17-11(14)15/h2,4-6,10-11H,1,3H2. The highest BCUT2D eigenvalue weighted by molar-refractivity contribution is 5.39. The Bertz CT molecular complexity index is 351. The summed E-state index contributed by atoms with van der Waals surface area (Å²) in [6.07, 6.45) is 1.84. The molecule has 17 heavy (non-hydrogen) atoms. The van der Waals surface area contributed by atoms with Crippen molar-refractivity contribution in [2.45, 2.75) is 19.6 Å². The lowest BCUT2D eigenvalue weighted by atomic mass is 10.1. The molecule has 6 heteroatoms. The van der Waals surface area contributed by atoms with E-state index in [0.717, 1.165) is 6.07 Å². The fraction of sp³-hybridized carbons (Fsp3) is 0.273. The lowest BCUT2D eigenvalue weighted by Gasteiger charge is -2.10. The molecule has 1 aromatic rings. The molecule has 0 aliphatic heterocycles. The molecule has 0 heterocycles. The van der Waals surface area contributed by atoms with Crippen molar-refractivity contribution in [2.75, 3.05) is 0 Å². The Labute approximate surface area is 95.5 Å². The summed E-state index contributed by atoms with van der Waals surface area (Å²) in [6, 6.07) is 3.60. The molecule has 2 nitrogen and oxygen atoms in total. The van der Waals surface area contributed by atoms with E-state index < -0.39 is 13.2 Å². The number of alkyl halides is 4. The average molecular weight is 250 g/mol. The first-order chi connectivity index (χ1) is 8.01. The van der Waals surface area contributed by atoms with Gasteiger partial charge in [-0.25, -0.2) is 0 Å². The van der Waals surface area contributed by atoms with Crippen molar-refractivity contribution in [3.05, 3.63) is 36.4 Å². The fourth-order valence-electron chi connectivity index (χ4n) is 1.26. The number of rotatable bonds is 6. The van der Waals surface area contributed by atoms with Gasteiger partial charge in [-0.1, -0.05) is 6.08 Å². The third-order valence-electron chi connectivity index (χ3n) is 1.77. The maximum absolute atomic E-state index is 12.0. The molecule has 94 valence electrons. The Morgan fingerprint density at radius 1 is 1.00 bits per heavy atom. The molecular formula is C11H10F4O2. The lowest BCUT2D eigenvalue weighted by molar-refractivity contribution is -0.0543. The Hall–Kier alpha value is -1.72. The van der Waals surface area contributed by atoms with E-state index in [1.807, 2.05) is 0 Å². The van der Waals surface area contributed by atoms with E-state index in [1.165, 1.54) is 18.2 Å². The van der Waals surface area contributed by atoms with Crippen molar-refractivity contribution < 1.29 is 27.0 Å². The minimum Gasteiger partial charge on any atom is -0.435 e. The first kappa shape index (κ1) is 13.3. The molecule has 0 bridgehead atoms. The van der Waals surface area contributed by atoms with E-state index in [9.17, 15) is 17.6 Å². The van der Waals surface area contributed by atoms with Gasteiger partial charge in [0.15, 0.2) is 0 Å². The Morgan fingerprint density at radius 3 is 1.82 bits per heavy atom. The molecule has 1 rings (SSSR count). The molecular weight excluding hydrogens is 240 g/mol. The molecule has 1 aromatic carbocycles. The van der Waals surface area contributed by atoms with Crippen LogP contribution in [0, 0.1) is 0 Å². The van der Waals surface area contributed by atoms with Gasteiger partial charge in [0.05, 0.1) is 0 Å². The predicted octanol–water partition coefficient (Wildman–Crippen LogP) is 3.62. The molecule has 0 atom stereocenters. The van der Waals surface area contributed by atoms with E-state index in [4.69, 9.17) is 0 Å². The zero-order chi connectivity index (χ0) is 12.8. The molecule has 0 aliphatic rings. The van der Waals surface area contributed by atoms with Crippen LogP contribution in [0.1, 0.15) is 5.56 Å². The maximum Gasteiger partial charge on any atom is 0.387 e. The Kier molecular flexibility index (Phi) is 4.81. The zero-order valence-electron chi connectivity index (χ0n) is 8.71. The Morgan fingerprint density at radius 2 is 1.47 bits per heavy atom. The number of hydrogen-bond donors (Lipinski definition) is 0. The summed E-state index contributed by atoms with van der Waals surface area (Å²) >= 11 is 0. The summed E-state index contributed by atoms with van der Waals surface area (Å²) in [6.45, 7) is -2.58. The van der Waals surface area contributed by atoms with Gasteiger partial charge >= 0.3 is 13.2 Å². The second kappa shape index (κ2) is 6.12. The average Bonchev–Trinajstić information content (AvgIpc) is 2.14. The van der Waals surface area contributed by atoms with Crippen molar-refractivity contribution in [1.82, 2.24) is 0 Å². The van der Waals surface area contributed by atoms with Crippen molar-refractivity contribution in [2.24, 2.45) is 0 Å². The number of benzene rings is 1. The van der Waals surface area contributed by atoms with Crippen LogP contribution >= 0.6 is 0 Å². The van der Waals surface area contributed by atoms with Crippen LogP contribution in [0.25, 0.3) is 0 Å². The molecule has 0 saturated heterocycles. The van der Waals surface area contributed by atoms with Gasteiger partial charge in [-0.3, -0.25) is 0 Å². The van der Waals surface area contributed by atoms with Crippen LogP contribution in [-0.4, -0.2) is 13.2 Å². The second-order valence-corrected chi connectivity index (χ2v) is 3.06. The first-order valence-electron chi connectivity index (χ1n) is 4.65. The van der Waals surface area contributed by atoms with Crippen LogP contribution in [0.15, 0.2) is 30.9 Å². The summed E-state index contributed by atoms with van der Waals surface area (Å²) in [5, 5.41) is 0. The molecule has 0 radical (unpaired) electrons. The van der Waals surface area contributed by atoms with Gasteiger partial charge in [-0.2, -0.15) is 17.6 Å². The van der Waals surface area contributed by atoms with Crippen molar-refractivity contribution in [3.8, 4) is 11.5 Å². The van der Waals surface area contributed by atoms with E-state index in [0.29, 0.717) is 12.0 Å². The number of hydrogen-bond acceptors (Lipinski definition) is 2. The molecule has 0 spiro atoms. The second-order valence-electron chi connectivity index (χ2n) is 3.06. The fourth-order valence-corrected chi connectivity index (χ4v) is 1.26. The molecule has 0 fully saturated rings. The van der Waals surface area contributed by atoms with Gasteiger partial charge in [0.25, 0.3) is 0 Å². The smallest absolute Gasteiger partial charge is 0.387 e. The molecule has 0 aliphatic carbocycles. The molecule has 0 unspecified atom stereocenters. The topological polar surface area (TPSA) is 18.5 Å². The van der Waals surface area contributed by atoms with E-state index in [2.05, 4.69) is 16.1 Å². The normalized spacial score (nSPS) is 10.7. The van der Waals surface area contributed by atoms with Gasteiger partial charge in [0.1, 0.15) is 11.5 Å². The van der Waals surface area contributed by atoms with Crippen LogP contribution in [0.3, 0.4) is 0 Å². The number of halogens is 4. The van der Waals surface area contributed by atoms with E-state index in [1.54, 1.807) is 0 Å². The predicted molar refractivity (Wildman–Crippen MR) is 53.6 cm³/mol. The highest BCUT2D eigenvalue weighted by Crippen LogP contribution is 2.26. The molecule has 0 N–H and O–H groups in total. The van der Waals surface area contributed by atoms with Crippen LogP contribution < -0.4 is 9.47 Å². The minimum absolute atomic E-state index is 0.227. The number of ether oxygens (including phenoxy) is 2. The summed E-state index contributed by atoms with van der Waals surface area (Å²) in [7, 11) is 0. The Balaban J connectivity index is 2.95. The third-order valence-corrected chi connectivity index (χ3v) is 1.77. The van der Waals surface area contributed by atoms with Crippen molar-refractivity contribution in [3.63, 3.8) is 0 Å². The monoisotopic (exact) mass is 250 g/mol. The summed E-state index contributed by atoms with van der Waals surface area (Å²) in [5.74, 6) is -0.454. The van der Waals surface area contributed by atoms with Crippen LogP contribution in [0.2, 0.25) is 0 Å². The summed E-state index contributed by atoms with van der Waals surface area (Å²) in [5.41, 5.74) is 0.494. The first-order valence-corrected chi connectivity index (χ1v) is 4.65. The van der Waals surface area contributed by atoms with Crippen molar-refractivity contribution in [1.29, 1.82) is 0 Å². The largest absolute Gasteiger partial charge is 0.435 e. The van der Waals surface area contributed by atoms with Crippen molar-refractivity contribution >= 4 is 0 Å². The van der Waals surface area contributed by atoms with Crippen LogP contribution in [0.5, 0.6) is 11.5 Å². The zero-order valence-corrected chi connectivity index (χ0v) is 8.71. The minimum atomic E-state index is -3.02. The summed E-state index contributed by atoms with van der Waals surface area (Å²) in [4.78, 5) is 0. The highest BCUT2D eigenvalue weighted by Gasteiger charge is 2.10. The molecule has 0 saturated carbocycles. The highest BCUT2D eigenvalue weighted by atomic mass is 19.3. The SMILES string of the molecule is C=CCc1cc(OC(F)F)cc(OC(F)F)c1.